The Morgan fingerprint density at radius 3 is 2.70 bits per heavy atom. The second-order valence-electron chi connectivity index (χ2n) is 5.68. The highest BCUT2D eigenvalue weighted by Gasteiger charge is 2.18. The highest BCUT2D eigenvalue weighted by Crippen LogP contribution is 2.13. The van der Waals surface area contributed by atoms with Gasteiger partial charge < -0.3 is 19.9 Å². The molecule has 0 saturated carbocycles. The summed E-state index contributed by atoms with van der Waals surface area (Å²) in [5, 5.41) is 11.6. The number of hydrogen-bond acceptors (Lipinski definition) is 4. The first kappa shape index (κ1) is 17.4. The van der Waals surface area contributed by atoms with Crippen LogP contribution in [0.1, 0.15) is 42.1 Å². The molecule has 1 aromatic rings. The Morgan fingerprint density at radius 2 is 2.09 bits per heavy atom. The summed E-state index contributed by atoms with van der Waals surface area (Å²) < 4.78 is 11.1. The van der Waals surface area contributed by atoms with Crippen LogP contribution in [0.25, 0.3) is 0 Å². The van der Waals surface area contributed by atoms with Crippen LogP contribution >= 0.6 is 0 Å². The number of aromatic carboxylic acids is 1. The van der Waals surface area contributed by atoms with Crippen LogP contribution in [-0.2, 0) is 20.8 Å². The maximum absolute atomic E-state index is 12.0. The lowest BCUT2D eigenvalue weighted by atomic mass is 10.1. The molecule has 1 aliphatic heterocycles. The van der Waals surface area contributed by atoms with E-state index in [9.17, 15) is 9.59 Å². The summed E-state index contributed by atoms with van der Waals surface area (Å²) in [6.07, 6.45) is 2.75. The zero-order valence-electron chi connectivity index (χ0n) is 13.3. The van der Waals surface area contributed by atoms with E-state index in [1.807, 2.05) is 0 Å². The zero-order valence-corrected chi connectivity index (χ0v) is 13.3. The molecule has 0 radical (unpaired) electrons. The molecule has 126 valence electrons. The van der Waals surface area contributed by atoms with Crippen LogP contribution in [0.5, 0.6) is 0 Å². The molecule has 1 aromatic carbocycles. The quantitative estimate of drug-likeness (QED) is 0.802. The molecule has 1 saturated heterocycles. The van der Waals surface area contributed by atoms with E-state index >= 15 is 0 Å². The summed E-state index contributed by atoms with van der Waals surface area (Å²) >= 11 is 0. The van der Waals surface area contributed by atoms with Crippen molar-refractivity contribution in [2.45, 2.75) is 44.9 Å². The molecule has 2 unspecified atom stereocenters. The molecule has 23 heavy (non-hydrogen) atoms. The lowest BCUT2D eigenvalue weighted by Gasteiger charge is -2.23. The number of carboxylic acid groups (broad SMARTS) is 1. The third-order valence-corrected chi connectivity index (χ3v) is 3.84. The molecule has 0 bridgehead atoms. The molecule has 6 nitrogen and oxygen atoms in total. The number of benzene rings is 1. The summed E-state index contributed by atoms with van der Waals surface area (Å²) in [7, 11) is 0. The van der Waals surface area contributed by atoms with E-state index in [0.29, 0.717) is 13.2 Å². The maximum Gasteiger partial charge on any atom is 0.335 e. The number of amides is 1. The van der Waals surface area contributed by atoms with Gasteiger partial charge in [0.25, 0.3) is 0 Å². The van der Waals surface area contributed by atoms with Gasteiger partial charge >= 0.3 is 5.97 Å². The number of hydrogen-bond donors (Lipinski definition) is 2. The molecule has 2 N–H and O–H groups in total. The fraction of sp³-hybridized carbons (Fsp3) is 0.529. The molecule has 0 aliphatic carbocycles. The number of carbonyl (C=O) groups is 2. The van der Waals surface area contributed by atoms with Crippen LogP contribution in [0.2, 0.25) is 0 Å². The Bertz CT molecular complexity index is 522. The average molecular weight is 321 g/mol. The molecule has 1 amide bonds. The van der Waals surface area contributed by atoms with Crippen molar-refractivity contribution in [2.75, 3.05) is 13.2 Å². The zero-order chi connectivity index (χ0) is 16.7. The average Bonchev–Trinajstić information content (AvgIpc) is 2.58. The standard InChI is InChI=1S/C17H23NO5/c1-12(23-11-15-4-2-3-9-22-15)16(19)18-10-13-5-7-14(8-6-13)17(20)21/h5-8,12,15H,2-4,9-11H2,1H3,(H,18,19)(H,20,21). The highest BCUT2D eigenvalue weighted by molar-refractivity contribution is 5.87. The topological polar surface area (TPSA) is 84.9 Å². The van der Waals surface area contributed by atoms with Crippen LogP contribution in [0.15, 0.2) is 24.3 Å². The Hall–Kier alpha value is -1.92. The van der Waals surface area contributed by atoms with Crippen LogP contribution in [0.4, 0.5) is 0 Å². The van der Waals surface area contributed by atoms with Crippen LogP contribution in [-0.4, -0.2) is 42.4 Å². The lowest BCUT2D eigenvalue weighted by molar-refractivity contribution is -0.135. The van der Waals surface area contributed by atoms with E-state index in [2.05, 4.69) is 5.32 Å². The van der Waals surface area contributed by atoms with Crippen LogP contribution in [0, 0.1) is 0 Å². The number of rotatable bonds is 7. The third kappa shape index (κ3) is 5.65. The monoisotopic (exact) mass is 321 g/mol. The van der Waals surface area contributed by atoms with Gasteiger partial charge in [-0.25, -0.2) is 4.79 Å². The van der Waals surface area contributed by atoms with E-state index in [4.69, 9.17) is 14.6 Å². The van der Waals surface area contributed by atoms with Crippen molar-refractivity contribution in [2.24, 2.45) is 0 Å². The normalized spacial score (nSPS) is 19.1. The Kier molecular flexibility index (Phi) is 6.55. The van der Waals surface area contributed by atoms with E-state index in [0.717, 1.165) is 31.4 Å². The Labute approximate surface area is 135 Å². The summed E-state index contributed by atoms with van der Waals surface area (Å²) in [5.41, 5.74) is 1.07. The van der Waals surface area contributed by atoms with Crippen molar-refractivity contribution < 1.29 is 24.2 Å². The van der Waals surface area contributed by atoms with Crippen molar-refractivity contribution >= 4 is 11.9 Å². The van der Waals surface area contributed by atoms with Crippen molar-refractivity contribution in [3.63, 3.8) is 0 Å². The number of ether oxygens (including phenoxy) is 2. The van der Waals surface area contributed by atoms with Crippen molar-refractivity contribution in [1.82, 2.24) is 5.32 Å². The summed E-state index contributed by atoms with van der Waals surface area (Å²) in [4.78, 5) is 22.8. The van der Waals surface area contributed by atoms with Crippen molar-refractivity contribution in [3.05, 3.63) is 35.4 Å². The molecule has 6 heteroatoms. The molecule has 0 aromatic heterocycles. The van der Waals surface area contributed by atoms with Gasteiger partial charge in [0.1, 0.15) is 6.10 Å². The van der Waals surface area contributed by atoms with Gasteiger partial charge in [-0.3, -0.25) is 4.79 Å². The molecular formula is C17H23NO5. The van der Waals surface area contributed by atoms with E-state index in [1.165, 1.54) is 12.1 Å². The van der Waals surface area contributed by atoms with Crippen LogP contribution < -0.4 is 5.32 Å². The van der Waals surface area contributed by atoms with Gasteiger partial charge in [-0.2, -0.15) is 0 Å². The smallest absolute Gasteiger partial charge is 0.335 e. The third-order valence-electron chi connectivity index (χ3n) is 3.84. The SMILES string of the molecule is CC(OCC1CCCCO1)C(=O)NCc1ccc(C(=O)O)cc1. The minimum Gasteiger partial charge on any atom is -0.478 e. The first-order chi connectivity index (χ1) is 11.1. The predicted molar refractivity (Wildman–Crippen MR) is 84.3 cm³/mol. The van der Waals surface area contributed by atoms with Crippen molar-refractivity contribution in [3.8, 4) is 0 Å². The Morgan fingerprint density at radius 1 is 1.35 bits per heavy atom. The number of carbonyl (C=O) groups excluding carboxylic acids is 1. The maximum atomic E-state index is 12.0. The second kappa shape index (κ2) is 8.64. The molecule has 2 rings (SSSR count). The predicted octanol–water partition coefficient (Wildman–Crippen LogP) is 1.98. The van der Waals surface area contributed by atoms with Gasteiger partial charge in [0, 0.05) is 13.2 Å². The summed E-state index contributed by atoms with van der Waals surface area (Å²) in [6, 6.07) is 6.41. The van der Waals surface area contributed by atoms with Gasteiger partial charge in [0.2, 0.25) is 5.91 Å². The van der Waals surface area contributed by atoms with Gasteiger partial charge in [0.05, 0.1) is 18.3 Å². The highest BCUT2D eigenvalue weighted by atomic mass is 16.5. The first-order valence-corrected chi connectivity index (χ1v) is 7.89. The van der Waals surface area contributed by atoms with Gasteiger partial charge in [-0.15, -0.1) is 0 Å². The number of carboxylic acids is 1. The minimum absolute atomic E-state index is 0.0857. The number of nitrogens with one attached hydrogen (secondary N) is 1. The fourth-order valence-corrected chi connectivity index (χ4v) is 2.36. The molecule has 1 fully saturated rings. The summed E-state index contributed by atoms with van der Waals surface area (Å²) in [5.74, 6) is -1.16. The Balaban J connectivity index is 1.71. The molecule has 0 spiro atoms. The fourth-order valence-electron chi connectivity index (χ4n) is 2.36. The largest absolute Gasteiger partial charge is 0.478 e. The van der Waals surface area contributed by atoms with Crippen LogP contribution in [0.3, 0.4) is 0 Å². The van der Waals surface area contributed by atoms with Gasteiger partial charge in [-0.1, -0.05) is 12.1 Å². The van der Waals surface area contributed by atoms with E-state index in [-0.39, 0.29) is 17.6 Å². The van der Waals surface area contributed by atoms with E-state index < -0.39 is 12.1 Å². The molecule has 1 aliphatic rings. The van der Waals surface area contributed by atoms with Gasteiger partial charge in [-0.05, 0) is 43.9 Å². The summed E-state index contributed by atoms with van der Waals surface area (Å²) in [6.45, 7) is 3.25. The molecule has 2 atom stereocenters. The lowest BCUT2D eigenvalue weighted by Crippen LogP contribution is -2.36. The molecular weight excluding hydrogens is 298 g/mol. The van der Waals surface area contributed by atoms with Gasteiger partial charge in [0.15, 0.2) is 0 Å². The minimum atomic E-state index is -0.965. The molecule has 1 heterocycles. The second-order valence-corrected chi connectivity index (χ2v) is 5.68. The van der Waals surface area contributed by atoms with Crippen molar-refractivity contribution in [1.29, 1.82) is 0 Å². The van der Waals surface area contributed by atoms with E-state index in [1.54, 1.807) is 19.1 Å². The first-order valence-electron chi connectivity index (χ1n) is 7.89.